The molecule has 0 amide bonds. The van der Waals surface area contributed by atoms with Gasteiger partial charge in [0.05, 0.1) is 38.9 Å². The Labute approximate surface area is 178 Å². The minimum absolute atomic E-state index is 0.124. The van der Waals surface area contributed by atoms with Crippen LogP contribution < -0.4 is 14.3 Å². The van der Waals surface area contributed by atoms with E-state index in [1.54, 1.807) is 18.2 Å². The van der Waals surface area contributed by atoms with Crippen LogP contribution in [0.15, 0.2) is 52.3 Å². The van der Waals surface area contributed by atoms with Crippen molar-refractivity contribution in [2.75, 3.05) is 43.0 Å². The van der Waals surface area contributed by atoms with Crippen molar-refractivity contribution in [1.29, 1.82) is 0 Å². The number of benzene rings is 2. The fourth-order valence-corrected chi connectivity index (χ4v) is 6.01. The van der Waals surface area contributed by atoms with E-state index in [0.717, 1.165) is 34.5 Å². The van der Waals surface area contributed by atoms with Gasteiger partial charge in [0.15, 0.2) is 5.13 Å². The normalized spacial score (nSPS) is 15.4. The maximum Gasteiger partial charge on any atom is 0.261 e. The van der Waals surface area contributed by atoms with Gasteiger partial charge in [0.1, 0.15) is 0 Å². The number of aromatic nitrogens is 1. The lowest BCUT2D eigenvalue weighted by atomic mass is 10.3. The monoisotopic (exact) mass is 468 g/mol. The van der Waals surface area contributed by atoms with E-state index in [4.69, 9.17) is 4.74 Å². The van der Waals surface area contributed by atoms with Crippen molar-refractivity contribution in [2.24, 2.45) is 0 Å². The smallest absolute Gasteiger partial charge is 0.261 e. The first-order valence-electron chi connectivity index (χ1n) is 9.08. The molecule has 0 saturated carbocycles. The van der Waals surface area contributed by atoms with Crippen LogP contribution in [0.2, 0.25) is 0 Å². The molecule has 12 heteroatoms. The van der Waals surface area contributed by atoms with Crippen LogP contribution in [-0.2, 0) is 24.8 Å². The summed E-state index contributed by atoms with van der Waals surface area (Å²) < 4.78 is 60.4. The number of hydrogen-bond acceptors (Lipinski definition) is 8. The summed E-state index contributed by atoms with van der Waals surface area (Å²) in [6, 6.07) is 10.3. The molecule has 9 nitrogen and oxygen atoms in total. The Morgan fingerprint density at radius 1 is 1.00 bits per heavy atom. The molecular formula is C18H20N4O5S3. The maximum absolute atomic E-state index is 12.8. The predicted molar refractivity (Wildman–Crippen MR) is 116 cm³/mol. The van der Waals surface area contributed by atoms with Crippen molar-refractivity contribution >= 4 is 52.4 Å². The van der Waals surface area contributed by atoms with Crippen LogP contribution in [0.4, 0.5) is 10.8 Å². The molecule has 4 rings (SSSR count). The zero-order valence-electron chi connectivity index (χ0n) is 16.0. The summed E-state index contributed by atoms with van der Waals surface area (Å²) in [6.45, 7) is 2.85. The number of anilines is 2. The molecular weight excluding hydrogens is 448 g/mol. The average molecular weight is 469 g/mol. The van der Waals surface area contributed by atoms with Crippen molar-refractivity contribution in [3.8, 4) is 0 Å². The largest absolute Gasteiger partial charge is 0.378 e. The van der Waals surface area contributed by atoms with Gasteiger partial charge in [-0.3, -0.25) is 4.72 Å². The summed E-state index contributed by atoms with van der Waals surface area (Å²) in [5.41, 5.74) is 1.16. The molecule has 0 atom stereocenters. The van der Waals surface area contributed by atoms with Gasteiger partial charge in [-0.25, -0.2) is 26.5 Å². The van der Waals surface area contributed by atoms with Crippen LogP contribution in [0.3, 0.4) is 0 Å². The van der Waals surface area contributed by atoms with Gasteiger partial charge in [0.25, 0.3) is 10.0 Å². The van der Waals surface area contributed by atoms with Crippen LogP contribution in [-0.4, -0.2) is 55.2 Å². The summed E-state index contributed by atoms with van der Waals surface area (Å²) in [4.78, 5) is 6.50. The van der Waals surface area contributed by atoms with Gasteiger partial charge in [0, 0.05) is 13.1 Å². The molecule has 0 aliphatic carbocycles. The van der Waals surface area contributed by atoms with Gasteiger partial charge in [-0.2, -0.15) is 0 Å². The molecule has 0 bridgehead atoms. The Hall–Kier alpha value is -2.25. The van der Waals surface area contributed by atoms with E-state index in [2.05, 4.69) is 19.3 Å². The number of nitrogens with one attached hydrogen (secondary N) is 2. The van der Waals surface area contributed by atoms with Crippen molar-refractivity contribution in [3.05, 3.63) is 42.5 Å². The van der Waals surface area contributed by atoms with E-state index in [-0.39, 0.29) is 9.79 Å². The molecule has 2 N–H and O–H groups in total. The lowest BCUT2D eigenvalue weighted by molar-refractivity contribution is 0.122. The highest BCUT2D eigenvalue weighted by Gasteiger charge is 2.20. The van der Waals surface area contributed by atoms with Gasteiger partial charge in [0.2, 0.25) is 10.0 Å². The molecule has 2 heterocycles. The summed E-state index contributed by atoms with van der Waals surface area (Å²) in [5, 5.41) is 0.873. The Morgan fingerprint density at radius 3 is 2.40 bits per heavy atom. The van der Waals surface area contributed by atoms with Crippen molar-refractivity contribution in [3.63, 3.8) is 0 Å². The van der Waals surface area contributed by atoms with Gasteiger partial charge in [-0.05, 0) is 43.4 Å². The van der Waals surface area contributed by atoms with Gasteiger partial charge < -0.3 is 9.64 Å². The van der Waals surface area contributed by atoms with Crippen molar-refractivity contribution in [2.45, 2.75) is 9.79 Å². The second-order valence-corrected chi connectivity index (χ2v) is 11.1. The highest BCUT2D eigenvalue weighted by Crippen LogP contribution is 2.32. The van der Waals surface area contributed by atoms with Crippen LogP contribution in [0.1, 0.15) is 0 Å². The van der Waals surface area contributed by atoms with Crippen molar-refractivity contribution < 1.29 is 21.6 Å². The fourth-order valence-electron chi connectivity index (χ4n) is 3.01. The minimum Gasteiger partial charge on any atom is -0.378 e. The molecule has 30 heavy (non-hydrogen) atoms. The van der Waals surface area contributed by atoms with E-state index in [1.165, 1.54) is 36.6 Å². The third-order valence-corrected chi connectivity index (χ3v) is 8.48. The lowest BCUT2D eigenvalue weighted by Gasteiger charge is -2.25. The predicted octanol–water partition coefficient (Wildman–Crippen LogP) is 1.84. The molecule has 0 radical (unpaired) electrons. The van der Waals surface area contributed by atoms with E-state index in [9.17, 15) is 16.8 Å². The molecule has 0 spiro atoms. The Morgan fingerprint density at radius 2 is 1.70 bits per heavy atom. The summed E-state index contributed by atoms with van der Waals surface area (Å²) in [6.07, 6.45) is 0. The van der Waals surface area contributed by atoms with E-state index in [0.29, 0.717) is 18.9 Å². The number of morpholine rings is 1. The first-order valence-corrected chi connectivity index (χ1v) is 12.9. The number of sulfonamides is 2. The summed E-state index contributed by atoms with van der Waals surface area (Å²) in [5.74, 6) is 0. The number of nitrogens with zero attached hydrogens (tertiary/aromatic N) is 2. The third-order valence-electron chi connectivity index (χ3n) is 4.61. The minimum atomic E-state index is -3.97. The second kappa shape index (κ2) is 8.12. The molecule has 2 aromatic carbocycles. The zero-order valence-corrected chi connectivity index (χ0v) is 18.5. The SMILES string of the molecule is CNS(=O)(=O)c1cccc(S(=O)(=O)Nc2ccc3nc(N4CCOCC4)sc3c2)c1. The first-order chi connectivity index (χ1) is 14.3. The van der Waals surface area contributed by atoms with E-state index in [1.807, 2.05) is 0 Å². The Balaban J connectivity index is 1.61. The zero-order chi connectivity index (χ0) is 21.4. The molecule has 1 saturated heterocycles. The standard InChI is InChI=1S/C18H20N4O5S3/c1-19-29(23,24)14-3-2-4-15(12-14)30(25,26)21-13-5-6-16-17(11-13)28-18(20-16)22-7-9-27-10-8-22/h2-6,11-12,19,21H,7-10H2,1H3. The number of rotatable bonds is 6. The Kier molecular flexibility index (Phi) is 5.68. The van der Waals surface area contributed by atoms with E-state index >= 15 is 0 Å². The highest BCUT2D eigenvalue weighted by molar-refractivity contribution is 7.93. The topological polar surface area (TPSA) is 118 Å². The average Bonchev–Trinajstić information content (AvgIpc) is 3.18. The van der Waals surface area contributed by atoms with Crippen LogP contribution in [0.25, 0.3) is 10.2 Å². The van der Waals surface area contributed by atoms with Crippen LogP contribution in [0.5, 0.6) is 0 Å². The molecule has 0 unspecified atom stereocenters. The summed E-state index contributed by atoms with van der Waals surface area (Å²) in [7, 11) is -6.46. The Bertz CT molecular complexity index is 1280. The number of hydrogen-bond donors (Lipinski definition) is 2. The number of ether oxygens (including phenoxy) is 1. The van der Waals surface area contributed by atoms with Crippen molar-refractivity contribution in [1.82, 2.24) is 9.71 Å². The second-order valence-electron chi connectivity index (χ2n) is 6.57. The fraction of sp³-hybridized carbons (Fsp3) is 0.278. The van der Waals surface area contributed by atoms with Crippen LogP contribution >= 0.6 is 11.3 Å². The highest BCUT2D eigenvalue weighted by atomic mass is 32.2. The van der Waals surface area contributed by atoms with Gasteiger partial charge in [-0.1, -0.05) is 17.4 Å². The quantitative estimate of drug-likeness (QED) is 0.567. The molecule has 1 fully saturated rings. The molecule has 1 aliphatic heterocycles. The number of thiazole rings is 1. The summed E-state index contributed by atoms with van der Waals surface area (Å²) >= 11 is 1.49. The third kappa shape index (κ3) is 4.27. The number of fused-ring (bicyclic) bond motifs is 1. The molecule has 160 valence electrons. The van der Waals surface area contributed by atoms with Gasteiger partial charge in [-0.15, -0.1) is 0 Å². The maximum atomic E-state index is 12.8. The van der Waals surface area contributed by atoms with Gasteiger partial charge >= 0.3 is 0 Å². The molecule has 1 aromatic heterocycles. The lowest BCUT2D eigenvalue weighted by Crippen LogP contribution is -2.36. The first kappa shape index (κ1) is 21.0. The molecule has 3 aromatic rings. The van der Waals surface area contributed by atoms with Crippen LogP contribution in [0, 0.1) is 0 Å². The molecule has 1 aliphatic rings. The van der Waals surface area contributed by atoms with E-state index < -0.39 is 20.0 Å².